The highest BCUT2D eigenvalue weighted by atomic mass is 32.2. The maximum atomic E-state index is 11.8. The topological polar surface area (TPSA) is 99.0 Å². The van der Waals surface area contributed by atoms with E-state index in [1.54, 1.807) is 35.0 Å². The SMILES string of the molecule is CCCS(=O)(=O)Nc1ccc(Oc2cc(-n3nc(C)cc3C)ncn2)cc1. The molecule has 3 rings (SSSR count). The summed E-state index contributed by atoms with van der Waals surface area (Å²) in [6.07, 6.45) is 1.97. The molecule has 0 spiro atoms. The third-order valence-electron chi connectivity index (χ3n) is 3.68. The maximum absolute atomic E-state index is 11.8. The Labute approximate surface area is 158 Å². The van der Waals surface area contributed by atoms with Crippen LogP contribution in [0.4, 0.5) is 5.69 Å². The van der Waals surface area contributed by atoms with Gasteiger partial charge in [-0.2, -0.15) is 5.10 Å². The van der Waals surface area contributed by atoms with Crippen molar-refractivity contribution in [1.82, 2.24) is 19.7 Å². The summed E-state index contributed by atoms with van der Waals surface area (Å²) in [5, 5.41) is 4.40. The van der Waals surface area contributed by atoms with Crippen molar-refractivity contribution >= 4 is 15.7 Å². The summed E-state index contributed by atoms with van der Waals surface area (Å²) in [6, 6.07) is 10.3. The van der Waals surface area contributed by atoms with Gasteiger partial charge in [-0.3, -0.25) is 4.72 Å². The minimum atomic E-state index is -3.32. The van der Waals surface area contributed by atoms with E-state index in [1.807, 2.05) is 26.8 Å². The second-order valence-electron chi connectivity index (χ2n) is 6.10. The van der Waals surface area contributed by atoms with Gasteiger partial charge in [0.05, 0.1) is 11.4 Å². The Morgan fingerprint density at radius 3 is 2.48 bits per heavy atom. The number of benzene rings is 1. The number of nitrogens with one attached hydrogen (secondary N) is 1. The van der Waals surface area contributed by atoms with E-state index in [-0.39, 0.29) is 5.75 Å². The van der Waals surface area contributed by atoms with Crippen molar-refractivity contribution in [2.75, 3.05) is 10.5 Å². The highest BCUT2D eigenvalue weighted by molar-refractivity contribution is 7.92. The first-order valence-corrected chi connectivity index (χ1v) is 10.2. The van der Waals surface area contributed by atoms with E-state index < -0.39 is 10.0 Å². The minimum Gasteiger partial charge on any atom is -0.439 e. The van der Waals surface area contributed by atoms with Gasteiger partial charge in [-0.1, -0.05) is 6.92 Å². The van der Waals surface area contributed by atoms with Gasteiger partial charge in [-0.15, -0.1) is 0 Å². The zero-order valence-electron chi connectivity index (χ0n) is 15.4. The average Bonchev–Trinajstić information content (AvgIpc) is 2.95. The lowest BCUT2D eigenvalue weighted by molar-refractivity contribution is 0.460. The Morgan fingerprint density at radius 1 is 1.11 bits per heavy atom. The third-order valence-corrected chi connectivity index (χ3v) is 5.17. The Bertz CT molecular complexity index is 1030. The van der Waals surface area contributed by atoms with Gasteiger partial charge in [-0.25, -0.2) is 23.1 Å². The number of nitrogens with zero attached hydrogens (tertiary/aromatic N) is 4. The normalized spacial score (nSPS) is 11.4. The molecule has 0 atom stereocenters. The molecule has 0 amide bonds. The first-order chi connectivity index (χ1) is 12.9. The molecule has 1 N–H and O–H groups in total. The van der Waals surface area contributed by atoms with Crippen LogP contribution >= 0.6 is 0 Å². The molecule has 0 saturated carbocycles. The summed E-state index contributed by atoms with van der Waals surface area (Å²) in [6.45, 7) is 5.68. The molecular weight excluding hydrogens is 366 g/mol. The predicted octanol–water partition coefficient (Wildman–Crippen LogP) is 3.22. The first-order valence-electron chi connectivity index (χ1n) is 8.50. The fourth-order valence-electron chi connectivity index (χ4n) is 2.57. The highest BCUT2D eigenvalue weighted by Gasteiger charge is 2.10. The second kappa shape index (κ2) is 7.75. The highest BCUT2D eigenvalue weighted by Crippen LogP contribution is 2.23. The molecule has 0 bridgehead atoms. The van der Waals surface area contributed by atoms with Gasteiger partial charge in [0.1, 0.15) is 12.1 Å². The van der Waals surface area contributed by atoms with Crippen LogP contribution in [-0.2, 0) is 10.0 Å². The molecule has 9 heteroatoms. The first kappa shape index (κ1) is 18.8. The van der Waals surface area contributed by atoms with Crippen LogP contribution in [-0.4, -0.2) is 33.9 Å². The third kappa shape index (κ3) is 4.82. The molecule has 1 aromatic carbocycles. The van der Waals surface area contributed by atoms with Crippen molar-refractivity contribution in [3.8, 4) is 17.4 Å². The van der Waals surface area contributed by atoms with Crippen LogP contribution < -0.4 is 9.46 Å². The molecule has 2 heterocycles. The molecule has 3 aromatic rings. The van der Waals surface area contributed by atoms with Gasteiger partial charge in [0.15, 0.2) is 5.82 Å². The summed E-state index contributed by atoms with van der Waals surface area (Å²) < 4.78 is 33.6. The molecule has 0 aliphatic carbocycles. The van der Waals surface area contributed by atoms with Crippen molar-refractivity contribution in [3.05, 3.63) is 54.1 Å². The van der Waals surface area contributed by atoms with E-state index in [0.29, 0.717) is 29.6 Å². The van der Waals surface area contributed by atoms with Crippen LogP contribution in [0, 0.1) is 13.8 Å². The van der Waals surface area contributed by atoms with Gasteiger partial charge in [0.2, 0.25) is 15.9 Å². The summed E-state index contributed by atoms with van der Waals surface area (Å²) >= 11 is 0. The van der Waals surface area contributed by atoms with Crippen molar-refractivity contribution in [3.63, 3.8) is 0 Å². The van der Waals surface area contributed by atoms with Crippen LogP contribution in [0.3, 0.4) is 0 Å². The lowest BCUT2D eigenvalue weighted by Crippen LogP contribution is -2.15. The number of rotatable bonds is 7. The van der Waals surface area contributed by atoms with Gasteiger partial charge in [0, 0.05) is 17.4 Å². The van der Waals surface area contributed by atoms with Crippen molar-refractivity contribution < 1.29 is 13.2 Å². The fourth-order valence-corrected chi connectivity index (χ4v) is 3.71. The number of hydrogen-bond acceptors (Lipinski definition) is 6. The summed E-state index contributed by atoms with van der Waals surface area (Å²) in [5.41, 5.74) is 2.34. The molecule has 142 valence electrons. The smallest absolute Gasteiger partial charge is 0.232 e. The number of aryl methyl sites for hydroxylation is 2. The molecule has 0 radical (unpaired) electrons. The number of hydrogen-bond donors (Lipinski definition) is 1. The summed E-state index contributed by atoms with van der Waals surface area (Å²) in [7, 11) is -3.32. The minimum absolute atomic E-state index is 0.0846. The Kier molecular flexibility index (Phi) is 5.41. The monoisotopic (exact) mass is 387 g/mol. The maximum Gasteiger partial charge on any atom is 0.232 e. The van der Waals surface area contributed by atoms with Crippen molar-refractivity contribution in [1.29, 1.82) is 0 Å². The molecule has 0 fully saturated rings. The lowest BCUT2D eigenvalue weighted by Gasteiger charge is -2.09. The van der Waals surface area contributed by atoms with Crippen LogP contribution in [0.15, 0.2) is 42.7 Å². The molecular formula is C18H21N5O3S. The van der Waals surface area contributed by atoms with E-state index in [0.717, 1.165) is 11.4 Å². The van der Waals surface area contributed by atoms with Crippen molar-refractivity contribution in [2.24, 2.45) is 0 Å². The number of ether oxygens (including phenoxy) is 1. The standard InChI is InChI=1S/C18H21N5O3S/c1-4-9-27(24,25)22-15-5-7-16(8-6-15)26-18-11-17(19-12-20-18)23-14(3)10-13(2)21-23/h5-8,10-12,22H,4,9H2,1-3H3. The predicted molar refractivity (Wildman–Crippen MR) is 103 cm³/mol. The number of sulfonamides is 1. The van der Waals surface area contributed by atoms with E-state index in [9.17, 15) is 8.42 Å². The molecule has 2 aromatic heterocycles. The quantitative estimate of drug-likeness (QED) is 0.668. The molecule has 8 nitrogen and oxygen atoms in total. The van der Waals surface area contributed by atoms with Crippen LogP contribution in [0.5, 0.6) is 11.6 Å². The zero-order chi connectivity index (χ0) is 19.4. The largest absolute Gasteiger partial charge is 0.439 e. The number of anilines is 1. The van der Waals surface area contributed by atoms with Gasteiger partial charge >= 0.3 is 0 Å². The van der Waals surface area contributed by atoms with Crippen LogP contribution in [0.2, 0.25) is 0 Å². The molecule has 27 heavy (non-hydrogen) atoms. The Hall–Kier alpha value is -2.94. The van der Waals surface area contributed by atoms with Gasteiger partial charge in [0.25, 0.3) is 0 Å². The van der Waals surface area contributed by atoms with Gasteiger partial charge in [-0.05, 0) is 50.6 Å². The van der Waals surface area contributed by atoms with Crippen molar-refractivity contribution in [2.45, 2.75) is 27.2 Å². The average molecular weight is 387 g/mol. The summed E-state index contributed by atoms with van der Waals surface area (Å²) in [5.74, 6) is 1.59. The van der Waals surface area contributed by atoms with Crippen LogP contribution in [0.25, 0.3) is 5.82 Å². The van der Waals surface area contributed by atoms with Crippen LogP contribution in [0.1, 0.15) is 24.7 Å². The Balaban J connectivity index is 1.74. The van der Waals surface area contributed by atoms with Gasteiger partial charge < -0.3 is 4.74 Å². The number of aromatic nitrogens is 4. The van der Waals surface area contributed by atoms with E-state index in [2.05, 4.69) is 19.8 Å². The molecule has 0 aliphatic heterocycles. The fraction of sp³-hybridized carbons (Fsp3) is 0.278. The summed E-state index contributed by atoms with van der Waals surface area (Å²) in [4.78, 5) is 8.35. The van der Waals surface area contributed by atoms with E-state index >= 15 is 0 Å². The molecule has 0 unspecified atom stereocenters. The molecule has 0 aliphatic rings. The van der Waals surface area contributed by atoms with E-state index in [4.69, 9.17) is 4.74 Å². The van der Waals surface area contributed by atoms with E-state index in [1.165, 1.54) is 6.33 Å². The molecule has 0 saturated heterocycles. The lowest BCUT2D eigenvalue weighted by atomic mass is 10.3. The Morgan fingerprint density at radius 2 is 1.85 bits per heavy atom. The second-order valence-corrected chi connectivity index (χ2v) is 7.94. The zero-order valence-corrected chi connectivity index (χ0v) is 16.2.